The number of rotatable bonds is 3. The van der Waals surface area contributed by atoms with E-state index in [1.165, 1.54) is 25.6 Å². The zero-order valence-electron chi connectivity index (χ0n) is 11.3. The van der Waals surface area contributed by atoms with Crippen molar-refractivity contribution in [2.75, 3.05) is 12.4 Å². The summed E-state index contributed by atoms with van der Waals surface area (Å²) in [7, 11) is 3.27. The predicted octanol–water partition coefficient (Wildman–Crippen LogP) is 3.02. The summed E-state index contributed by atoms with van der Waals surface area (Å²) >= 11 is 3.37. The quantitative estimate of drug-likeness (QED) is 0.785. The molecule has 0 aliphatic carbocycles. The molecule has 21 heavy (non-hydrogen) atoms. The zero-order valence-corrected chi connectivity index (χ0v) is 12.8. The van der Waals surface area contributed by atoms with Gasteiger partial charge < -0.3 is 10.1 Å². The minimum absolute atomic E-state index is 0.396. The summed E-state index contributed by atoms with van der Waals surface area (Å²) < 4.78 is 20.8. The van der Waals surface area contributed by atoms with Crippen molar-refractivity contribution in [2.24, 2.45) is 7.05 Å². The summed E-state index contributed by atoms with van der Waals surface area (Å²) in [6.07, 6.45) is 1.43. The number of anilines is 2. The molecule has 0 radical (unpaired) electrons. The topological polar surface area (TPSA) is 64.9 Å². The molecule has 0 bridgehead atoms. The van der Waals surface area contributed by atoms with Gasteiger partial charge in [0.15, 0.2) is 5.65 Å². The number of aromatic nitrogens is 4. The van der Waals surface area contributed by atoms with Crippen molar-refractivity contribution in [2.45, 2.75) is 0 Å². The molecule has 0 unspecified atom stereocenters. The lowest BCUT2D eigenvalue weighted by Gasteiger charge is -2.08. The molecule has 0 aliphatic rings. The average Bonchev–Trinajstić information content (AvgIpc) is 2.74. The fourth-order valence-electron chi connectivity index (χ4n) is 2.02. The molecule has 2 heterocycles. The number of halogens is 2. The third-order valence-corrected chi connectivity index (χ3v) is 3.50. The first kappa shape index (κ1) is 13.7. The highest BCUT2D eigenvalue weighted by atomic mass is 79.9. The van der Waals surface area contributed by atoms with Gasteiger partial charge in [0.2, 0.25) is 0 Å². The van der Waals surface area contributed by atoms with E-state index in [0.29, 0.717) is 27.5 Å². The van der Waals surface area contributed by atoms with Crippen LogP contribution in [0.4, 0.5) is 15.9 Å². The van der Waals surface area contributed by atoms with E-state index in [9.17, 15) is 4.39 Å². The molecule has 6 nitrogen and oxygen atoms in total. The number of hydrogen-bond donors (Lipinski definition) is 1. The molecule has 108 valence electrons. The molecule has 0 fully saturated rings. The van der Waals surface area contributed by atoms with Crippen LogP contribution in [0.2, 0.25) is 0 Å². The number of hydrogen-bond acceptors (Lipinski definition) is 5. The Morgan fingerprint density at radius 2 is 2.10 bits per heavy atom. The van der Waals surface area contributed by atoms with Crippen molar-refractivity contribution in [3.63, 3.8) is 0 Å². The van der Waals surface area contributed by atoms with E-state index in [2.05, 4.69) is 36.3 Å². The normalized spacial score (nSPS) is 10.9. The summed E-state index contributed by atoms with van der Waals surface area (Å²) in [5.74, 6) is 0.563. The highest BCUT2D eigenvalue weighted by Crippen LogP contribution is 2.30. The monoisotopic (exact) mass is 351 g/mol. The number of nitrogens with zero attached hydrogens (tertiary/aromatic N) is 4. The predicted molar refractivity (Wildman–Crippen MR) is 80.2 cm³/mol. The average molecular weight is 352 g/mol. The highest BCUT2D eigenvalue weighted by Gasteiger charge is 2.14. The van der Waals surface area contributed by atoms with Gasteiger partial charge in [-0.05, 0) is 22.0 Å². The van der Waals surface area contributed by atoms with Gasteiger partial charge in [0.25, 0.3) is 0 Å². The Bertz CT molecular complexity index is 820. The molecule has 2 aromatic heterocycles. The van der Waals surface area contributed by atoms with Gasteiger partial charge in [-0.25, -0.2) is 19.0 Å². The number of aryl methyl sites for hydroxylation is 1. The van der Waals surface area contributed by atoms with Crippen LogP contribution in [0.15, 0.2) is 29.1 Å². The Morgan fingerprint density at radius 1 is 1.29 bits per heavy atom. The molecule has 0 saturated heterocycles. The number of fused-ring (bicyclic) bond motifs is 1. The maximum absolute atomic E-state index is 13.5. The van der Waals surface area contributed by atoms with Crippen molar-refractivity contribution >= 4 is 38.5 Å². The Labute approximate surface area is 128 Å². The van der Waals surface area contributed by atoms with Crippen LogP contribution in [-0.4, -0.2) is 26.9 Å². The van der Waals surface area contributed by atoms with Gasteiger partial charge in [-0.3, -0.25) is 0 Å². The second-order valence-electron chi connectivity index (χ2n) is 4.34. The van der Waals surface area contributed by atoms with Crippen LogP contribution in [-0.2, 0) is 7.05 Å². The minimum atomic E-state index is -0.396. The van der Waals surface area contributed by atoms with Crippen LogP contribution in [0.5, 0.6) is 5.75 Å². The van der Waals surface area contributed by atoms with Crippen LogP contribution in [0.3, 0.4) is 0 Å². The fourth-order valence-corrected chi connectivity index (χ4v) is 2.63. The van der Waals surface area contributed by atoms with Crippen LogP contribution < -0.4 is 10.1 Å². The largest absolute Gasteiger partial charge is 0.497 e. The second-order valence-corrected chi connectivity index (χ2v) is 5.09. The van der Waals surface area contributed by atoms with Gasteiger partial charge in [-0.2, -0.15) is 5.10 Å². The van der Waals surface area contributed by atoms with E-state index < -0.39 is 5.82 Å². The molecule has 0 saturated carbocycles. The lowest BCUT2D eigenvalue weighted by Crippen LogP contribution is -1.98. The maximum Gasteiger partial charge on any atom is 0.164 e. The third kappa shape index (κ3) is 2.54. The molecule has 0 atom stereocenters. The molecule has 0 spiro atoms. The summed E-state index contributed by atoms with van der Waals surface area (Å²) in [6.45, 7) is 0. The van der Waals surface area contributed by atoms with Crippen molar-refractivity contribution < 1.29 is 9.13 Å². The first-order valence-corrected chi connectivity index (χ1v) is 6.82. The van der Waals surface area contributed by atoms with Crippen molar-refractivity contribution in [3.8, 4) is 5.75 Å². The molecule has 3 rings (SSSR count). The van der Waals surface area contributed by atoms with Crippen molar-refractivity contribution in [1.29, 1.82) is 0 Å². The first-order chi connectivity index (χ1) is 10.1. The fraction of sp³-hybridized carbons (Fsp3) is 0.154. The first-order valence-electron chi connectivity index (χ1n) is 6.03. The molecule has 8 heteroatoms. The van der Waals surface area contributed by atoms with Crippen molar-refractivity contribution in [1.82, 2.24) is 19.7 Å². The van der Waals surface area contributed by atoms with E-state index in [1.54, 1.807) is 17.8 Å². The molecule has 0 amide bonds. The van der Waals surface area contributed by atoms with Crippen LogP contribution in [0, 0.1) is 5.82 Å². The van der Waals surface area contributed by atoms with Gasteiger partial charge in [0, 0.05) is 24.9 Å². The van der Waals surface area contributed by atoms with E-state index in [4.69, 9.17) is 4.74 Å². The Hall–Kier alpha value is -2.22. The van der Waals surface area contributed by atoms with Crippen LogP contribution >= 0.6 is 15.9 Å². The van der Waals surface area contributed by atoms with Gasteiger partial charge in [-0.15, -0.1) is 0 Å². The third-order valence-electron chi connectivity index (χ3n) is 2.95. The summed E-state index contributed by atoms with van der Waals surface area (Å²) in [6, 6.07) is 4.35. The number of ether oxygens (including phenoxy) is 1. The van der Waals surface area contributed by atoms with Gasteiger partial charge >= 0.3 is 0 Å². The second kappa shape index (κ2) is 5.28. The Morgan fingerprint density at radius 3 is 2.86 bits per heavy atom. The molecule has 1 aromatic carbocycles. The van der Waals surface area contributed by atoms with E-state index in [-0.39, 0.29) is 0 Å². The number of nitrogens with one attached hydrogen (secondary N) is 1. The summed E-state index contributed by atoms with van der Waals surface area (Å²) in [5.41, 5.74) is 1.20. The number of benzene rings is 1. The SMILES string of the molecule is COc1cc(F)cc(Nc2ncnc3c2c(Br)nn3C)c1. The maximum atomic E-state index is 13.5. The highest BCUT2D eigenvalue weighted by molar-refractivity contribution is 9.10. The molecular formula is C13H11BrFN5O. The molecule has 0 aliphatic heterocycles. The zero-order chi connectivity index (χ0) is 15.0. The van der Waals surface area contributed by atoms with Gasteiger partial charge in [-0.1, -0.05) is 0 Å². The smallest absolute Gasteiger partial charge is 0.164 e. The lowest BCUT2D eigenvalue weighted by atomic mass is 10.2. The molecule has 1 N–H and O–H groups in total. The molecule has 3 aromatic rings. The molecular weight excluding hydrogens is 341 g/mol. The van der Waals surface area contributed by atoms with Crippen LogP contribution in [0.1, 0.15) is 0 Å². The summed E-state index contributed by atoms with van der Waals surface area (Å²) in [5, 5.41) is 8.02. The Kier molecular flexibility index (Phi) is 3.46. The lowest BCUT2D eigenvalue weighted by molar-refractivity contribution is 0.411. The number of methoxy groups -OCH3 is 1. The minimum Gasteiger partial charge on any atom is -0.497 e. The van der Waals surface area contributed by atoms with Gasteiger partial charge in [0.1, 0.15) is 28.3 Å². The van der Waals surface area contributed by atoms with E-state index in [1.807, 2.05) is 0 Å². The van der Waals surface area contributed by atoms with Gasteiger partial charge in [0.05, 0.1) is 12.5 Å². The Balaban J connectivity index is 2.08. The standard InChI is InChI=1S/C13H11BrFN5O/c1-20-13-10(11(14)19-20)12(16-6-17-13)18-8-3-7(15)4-9(5-8)21-2/h3-6H,1-2H3,(H,16,17,18). The van der Waals surface area contributed by atoms with E-state index >= 15 is 0 Å². The van der Waals surface area contributed by atoms with E-state index in [0.717, 1.165) is 5.39 Å². The summed E-state index contributed by atoms with van der Waals surface area (Å²) in [4.78, 5) is 8.37. The van der Waals surface area contributed by atoms with Crippen molar-refractivity contribution in [3.05, 3.63) is 34.9 Å². The van der Waals surface area contributed by atoms with Crippen LogP contribution in [0.25, 0.3) is 11.0 Å².